The fourth-order valence-electron chi connectivity index (χ4n) is 2.79. The maximum atomic E-state index is 12.2. The Balaban J connectivity index is 1.91. The molecule has 2 amide bonds. The monoisotopic (exact) mass is 355 g/mol. The fourth-order valence-corrected chi connectivity index (χ4v) is 2.79. The Hall–Kier alpha value is -2.69. The molecule has 2 aromatic rings. The zero-order chi connectivity index (χ0) is 18.9. The topological polar surface area (TPSA) is 53.6 Å². The molecule has 5 nitrogen and oxygen atoms in total. The van der Waals surface area contributed by atoms with Crippen LogP contribution < -0.4 is 20.3 Å². The van der Waals surface area contributed by atoms with Gasteiger partial charge in [0.05, 0.1) is 6.61 Å². The summed E-state index contributed by atoms with van der Waals surface area (Å²) in [7, 11) is 0. The molecule has 26 heavy (non-hydrogen) atoms. The highest BCUT2D eigenvalue weighted by atomic mass is 16.5. The van der Waals surface area contributed by atoms with Gasteiger partial charge >= 0.3 is 6.03 Å². The molecular formula is C21H29N3O2. The molecule has 0 saturated heterocycles. The summed E-state index contributed by atoms with van der Waals surface area (Å²) in [4.78, 5) is 14.5. The maximum absolute atomic E-state index is 12.2. The third-order valence-corrected chi connectivity index (χ3v) is 4.27. The first kappa shape index (κ1) is 19.6. The Bertz CT molecular complexity index is 710. The lowest BCUT2D eigenvalue weighted by molar-refractivity contribution is 0.251. The highest BCUT2D eigenvalue weighted by molar-refractivity contribution is 5.90. The average Bonchev–Trinajstić information content (AvgIpc) is 2.64. The summed E-state index contributed by atoms with van der Waals surface area (Å²) in [6.07, 6.45) is 0. The molecule has 0 aliphatic heterocycles. The highest BCUT2D eigenvalue weighted by Crippen LogP contribution is 2.22. The van der Waals surface area contributed by atoms with Gasteiger partial charge in [0.15, 0.2) is 0 Å². The van der Waals surface area contributed by atoms with Crippen molar-refractivity contribution in [1.29, 1.82) is 0 Å². The molecule has 0 aromatic heterocycles. The largest absolute Gasteiger partial charge is 0.494 e. The molecule has 0 bridgehead atoms. The van der Waals surface area contributed by atoms with Crippen LogP contribution in [0.5, 0.6) is 5.75 Å². The van der Waals surface area contributed by atoms with Gasteiger partial charge in [-0.3, -0.25) is 0 Å². The molecule has 2 rings (SSSR count). The molecule has 0 fully saturated rings. The van der Waals surface area contributed by atoms with E-state index in [1.807, 2.05) is 50.2 Å². The predicted octanol–water partition coefficient (Wildman–Crippen LogP) is 4.56. The number of aryl methyl sites for hydroxylation is 1. The Kier molecular flexibility index (Phi) is 7.33. The van der Waals surface area contributed by atoms with Crippen molar-refractivity contribution in [3.05, 3.63) is 53.6 Å². The molecule has 2 aromatic carbocycles. The lowest BCUT2D eigenvalue weighted by atomic mass is 10.1. The van der Waals surface area contributed by atoms with Gasteiger partial charge in [0, 0.05) is 31.0 Å². The number of ether oxygens (including phenoxy) is 1. The summed E-state index contributed by atoms with van der Waals surface area (Å²) in [5.41, 5.74) is 4.07. The molecule has 5 heteroatoms. The summed E-state index contributed by atoms with van der Waals surface area (Å²) >= 11 is 0. The van der Waals surface area contributed by atoms with Crippen LogP contribution in [0.25, 0.3) is 0 Å². The van der Waals surface area contributed by atoms with Crippen LogP contribution in [0.4, 0.5) is 16.2 Å². The van der Waals surface area contributed by atoms with E-state index in [0.29, 0.717) is 13.2 Å². The van der Waals surface area contributed by atoms with Crippen molar-refractivity contribution in [2.45, 2.75) is 34.2 Å². The van der Waals surface area contributed by atoms with Crippen LogP contribution in [-0.2, 0) is 6.54 Å². The molecular weight excluding hydrogens is 326 g/mol. The van der Waals surface area contributed by atoms with E-state index in [-0.39, 0.29) is 6.03 Å². The molecule has 0 atom stereocenters. The number of rotatable bonds is 8. The lowest BCUT2D eigenvalue weighted by Gasteiger charge is -2.22. The minimum absolute atomic E-state index is 0.211. The molecule has 0 radical (unpaired) electrons. The predicted molar refractivity (Wildman–Crippen MR) is 108 cm³/mol. The molecule has 0 saturated carbocycles. The van der Waals surface area contributed by atoms with Gasteiger partial charge in [-0.15, -0.1) is 0 Å². The van der Waals surface area contributed by atoms with Gasteiger partial charge in [0.2, 0.25) is 0 Å². The first-order valence-electron chi connectivity index (χ1n) is 9.19. The Morgan fingerprint density at radius 1 is 1.04 bits per heavy atom. The van der Waals surface area contributed by atoms with Crippen molar-refractivity contribution in [2.75, 3.05) is 29.9 Å². The second kappa shape index (κ2) is 9.70. The van der Waals surface area contributed by atoms with Gasteiger partial charge in [0.1, 0.15) is 5.75 Å². The fraction of sp³-hybridized carbons (Fsp3) is 0.381. The number of hydrogen-bond acceptors (Lipinski definition) is 3. The smallest absolute Gasteiger partial charge is 0.319 e. The quantitative estimate of drug-likeness (QED) is 0.730. The average molecular weight is 355 g/mol. The van der Waals surface area contributed by atoms with Crippen molar-refractivity contribution in [2.24, 2.45) is 0 Å². The van der Waals surface area contributed by atoms with Crippen molar-refractivity contribution in [1.82, 2.24) is 5.32 Å². The van der Waals surface area contributed by atoms with Crippen LogP contribution in [0.15, 0.2) is 42.5 Å². The number of nitrogens with one attached hydrogen (secondary N) is 2. The van der Waals surface area contributed by atoms with Gasteiger partial charge in [0.25, 0.3) is 0 Å². The molecule has 0 aliphatic carbocycles. The number of carbonyl (C=O) groups is 1. The number of nitrogens with zero attached hydrogens (tertiary/aromatic N) is 1. The van der Waals surface area contributed by atoms with E-state index in [4.69, 9.17) is 4.74 Å². The standard InChI is InChI=1S/C21H29N3O2/c1-5-24(6-2)18-10-13-20(16(4)14-18)23-21(25)22-15-17-8-11-19(12-9-17)26-7-3/h8-14H,5-7,15H2,1-4H3,(H2,22,23,25). The first-order chi connectivity index (χ1) is 12.6. The summed E-state index contributed by atoms with van der Waals surface area (Å²) in [5.74, 6) is 0.838. The van der Waals surface area contributed by atoms with E-state index in [9.17, 15) is 4.79 Å². The summed E-state index contributed by atoms with van der Waals surface area (Å²) in [6, 6.07) is 13.6. The normalized spacial score (nSPS) is 10.3. The second-order valence-corrected chi connectivity index (χ2v) is 6.06. The number of benzene rings is 2. The first-order valence-corrected chi connectivity index (χ1v) is 9.19. The van der Waals surface area contributed by atoms with E-state index >= 15 is 0 Å². The SMILES string of the molecule is CCOc1ccc(CNC(=O)Nc2ccc(N(CC)CC)cc2C)cc1. The van der Waals surface area contributed by atoms with Crippen LogP contribution in [0, 0.1) is 6.92 Å². The number of carbonyl (C=O) groups excluding carboxylic acids is 1. The summed E-state index contributed by atoms with van der Waals surface area (Å²) in [6.45, 7) is 11.3. The van der Waals surface area contributed by atoms with Crippen LogP contribution >= 0.6 is 0 Å². The van der Waals surface area contributed by atoms with Crippen molar-refractivity contribution >= 4 is 17.4 Å². The minimum atomic E-state index is -0.211. The zero-order valence-corrected chi connectivity index (χ0v) is 16.1. The Labute approximate surface area is 156 Å². The van der Waals surface area contributed by atoms with E-state index in [1.54, 1.807) is 0 Å². The Morgan fingerprint density at radius 3 is 2.31 bits per heavy atom. The molecule has 0 aliphatic rings. The van der Waals surface area contributed by atoms with Crippen LogP contribution in [0.1, 0.15) is 31.9 Å². The van der Waals surface area contributed by atoms with Crippen molar-refractivity contribution in [3.63, 3.8) is 0 Å². The van der Waals surface area contributed by atoms with Gasteiger partial charge in [-0.1, -0.05) is 12.1 Å². The Morgan fingerprint density at radius 2 is 1.73 bits per heavy atom. The second-order valence-electron chi connectivity index (χ2n) is 6.06. The van der Waals surface area contributed by atoms with Gasteiger partial charge in [-0.05, 0) is 69.2 Å². The molecule has 2 N–H and O–H groups in total. The van der Waals surface area contributed by atoms with E-state index < -0.39 is 0 Å². The lowest BCUT2D eigenvalue weighted by Crippen LogP contribution is -2.28. The maximum Gasteiger partial charge on any atom is 0.319 e. The van der Waals surface area contributed by atoms with Crippen molar-refractivity contribution in [3.8, 4) is 5.75 Å². The van der Waals surface area contributed by atoms with Gasteiger partial charge < -0.3 is 20.3 Å². The third kappa shape index (κ3) is 5.41. The number of hydrogen-bond donors (Lipinski definition) is 2. The number of urea groups is 1. The van der Waals surface area contributed by atoms with E-state index in [1.165, 1.54) is 5.69 Å². The number of anilines is 2. The minimum Gasteiger partial charge on any atom is -0.494 e. The molecule has 0 spiro atoms. The molecule has 0 unspecified atom stereocenters. The summed E-state index contributed by atoms with van der Waals surface area (Å²) < 4.78 is 5.42. The van der Waals surface area contributed by atoms with Gasteiger partial charge in [-0.25, -0.2) is 4.79 Å². The molecule has 140 valence electrons. The third-order valence-electron chi connectivity index (χ3n) is 4.27. The van der Waals surface area contributed by atoms with Crippen LogP contribution in [0.2, 0.25) is 0 Å². The van der Waals surface area contributed by atoms with Crippen LogP contribution in [0.3, 0.4) is 0 Å². The molecule has 0 heterocycles. The summed E-state index contributed by atoms with van der Waals surface area (Å²) in [5, 5.41) is 5.81. The zero-order valence-electron chi connectivity index (χ0n) is 16.1. The van der Waals surface area contributed by atoms with Crippen LogP contribution in [-0.4, -0.2) is 25.7 Å². The van der Waals surface area contributed by atoms with Gasteiger partial charge in [-0.2, -0.15) is 0 Å². The van der Waals surface area contributed by atoms with E-state index in [0.717, 1.165) is 35.7 Å². The van der Waals surface area contributed by atoms with Crippen molar-refractivity contribution < 1.29 is 9.53 Å². The van der Waals surface area contributed by atoms with E-state index in [2.05, 4.69) is 35.4 Å². The highest BCUT2D eigenvalue weighted by Gasteiger charge is 2.08. The number of amides is 2.